The molecular formula is C14H18F3N3O. The van der Waals surface area contributed by atoms with Crippen molar-refractivity contribution in [2.45, 2.75) is 12.4 Å². The standard InChI is InChI=1S/C14H18F3N3O/c15-14(16,17)21-13-3-1-11(2-4-13)19-5-7-20(8-6-19)12-9-18-10-12/h1-4,12,18H,5-10H2. The van der Waals surface area contributed by atoms with Crippen LogP contribution in [0.3, 0.4) is 0 Å². The fourth-order valence-electron chi connectivity index (χ4n) is 2.74. The van der Waals surface area contributed by atoms with Gasteiger partial charge in [-0.25, -0.2) is 0 Å². The van der Waals surface area contributed by atoms with E-state index in [1.165, 1.54) is 12.1 Å². The van der Waals surface area contributed by atoms with Crippen LogP contribution in [-0.4, -0.2) is 56.6 Å². The summed E-state index contributed by atoms with van der Waals surface area (Å²) in [4.78, 5) is 4.66. The van der Waals surface area contributed by atoms with E-state index in [-0.39, 0.29) is 5.75 Å². The lowest BCUT2D eigenvalue weighted by atomic mass is 10.1. The lowest BCUT2D eigenvalue weighted by Gasteiger charge is -2.43. The molecule has 116 valence electrons. The predicted molar refractivity (Wildman–Crippen MR) is 73.6 cm³/mol. The van der Waals surface area contributed by atoms with E-state index in [4.69, 9.17) is 0 Å². The quantitative estimate of drug-likeness (QED) is 0.919. The third-order valence-electron chi connectivity index (χ3n) is 4.03. The van der Waals surface area contributed by atoms with Gasteiger partial charge in [-0.2, -0.15) is 0 Å². The zero-order valence-corrected chi connectivity index (χ0v) is 11.6. The average molecular weight is 301 g/mol. The van der Waals surface area contributed by atoms with Crippen LogP contribution in [0.1, 0.15) is 0 Å². The van der Waals surface area contributed by atoms with Gasteiger partial charge in [0.2, 0.25) is 0 Å². The monoisotopic (exact) mass is 301 g/mol. The average Bonchev–Trinajstić information content (AvgIpc) is 2.37. The van der Waals surface area contributed by atoms with Crippen LogP contribution in [0.25, 0.3) is 0 Å². The lowest BCUT2D eigenvalue weighted by Crippen LogP contribution is -2.61. The van der Waals surface area contributed by atoms with Gasteiger partial charge in [-0.15, -0.1) is 13.2 Å². The highest BCUT2D eigenvalue weighted by molar-refractivity contribution is 5.49. The molecular weight excluding hydrogens is 283 g/mol. The molecule has 21 heavy (non-hydrogen) atoms. The van der Waals surface area contributed by atoms with Crippen molar-refractivity contribution in [2.24, 2.45) is 0 Å². The van der Waals surface area contributed by atoms with E-state index in [0.717, 1.165) is 45.0 Å². The van der Waals surface area contributed by atoms with Crippen molar-refractivity contribution < 1.29 is 17.9 Å². The molecule has 2 aliphatic heterocycles. The Kier molecular flexibility index (Phi) is 3.95. The van der Waals surface area contributed by atoms with E-state index >= 15 is 0 Å². The molecule has 2 fully saturated rings. The van der Waals surface area contributed by atoms with Crippen molar-refractivity contribution in [3.63, 3.8) is 0 Å². The molecule has 2 aliphatic rings. The molecule has 2 saturated heterocycles. The van der Waals surface area contributed by atoms with Crippen molar-refractivity contribution in [1.82, 2.24) is 10.2 Å². The number of rotatable bonds is 3. The highest BCUT2D eigenvalue weighted by Crippen LogP contribution is 2.26. The van der Waals surface area contributed by atoms with Crippen LogP contribution in [0.4, 0.5) is 18.9 Å². The number of halogens is 3. The van der Waals surface area contributed by atoms with E-state index in [9.17, 15) is 13.2 Å². The number of hydrogen-bond acceptors (Lipinski definition) is 4. The van der Waals surface area contributed by atoms with Gasteiger partial charge in [0.05, 0.1) is 0 Å². The van der Waals surface area contributed by atoms with Crippen LogP contribution in [0.5, 0.6) is 5.75 Å². The van der Waals surface area contributed by atoms with Gasteiger partial charge in [-0.1, -0.05) is 0 Å². The number of benzene rings is 1. The first-order valence-corrected chi connectivity index (χ1v) is 7.07. The summed E-state index contributed by atoms with van der Waals surface area (Å²) in [5.41, 5.74) is 0.941. The molecule has 0 unspecified atom stereocenters. The Morgan fingerprint density at radius 2 is 1.62 bits per heavy atom. The summed E-state index contributed by atoms with van der Waals surface area (Å²) in [5.74, 6) is -0.176. The summed E-state index contributed by atoms with van der Waals surface area (Å²) in [6, 6.07) is 6.74. The Hall–Kier alpha value is -1.47. The largest absolute Gasteiger partial charge is 0.573 e. The van der Waals surface area contributed by atoms with Gasteiger partial charge < -0.3 is 15.0 Å². The second-order valence-corrected chi connectivity index (χ2v) is 5.38. The Labute approximate surface area is 121 Å². The number of nitrogens with one attached hydrogen (secondary N) is 1. The molecule has 0 saturated carbocycles. The van der Waals surface area contributed by atoms with Crippen LogP contribution in [0.15, 0.2) is 24.3 Å². The van der Waals surface area contributed by atoms with Crippen molar-refractivity contribution in [2.75, 3.05) is 44.2 Å². The van der Waals surface area contributed by atoms with Gasteiger partial charge in [0, 0.05) is 51.0 Å². The normalized spacial score (nSPS) is 21.2. The van der Waals surface area contributed by atoms with E-state index in [0.29, 0.717) is 6.04 Å². The van der Waals surface area contributed by atoms with E-state index in [2.05, 4.69) is 19.9 Å². The molecule has 0 aliphatic carbocycles. The first-order valence-electron chi connectivity index (χ1n) is 7.07. The van der Waals surface area contributed by atoms with Crippen LogP contribution in [-0.2, 0) is 0 Å². The van der Waals surface area contributed by atoms with Gasteiger partial charge >= 0.3 is 6.36 Å². The molecule has 0 radical (unpaired) electrons. The second-order valence-electron chi connectivity index (χ2n) is 5.38. The van der Waals surface area contributed by atoms with Gasteiger partial charge in [-0.3, -0.25) is 4.90 Å². The number of piperazine rings is 1. The maximum absolute atomic E-state index is 12.1. The molecule has 0 spiro atoms. The molecule has 2 heterocycles. The van der Waals surface area contributed by atoms with Gasteiger partial charge in [0.15, 0.2) is 0 Å². The SMILES string of the molecule is FC(F)(F)Oc1ccc(N2CCN(C3CNC3)CC2)cc1. The molecule has 0 bridgehead atoms. The number of nitrogens with zero attached hydrogens (tertiary/aromatic N) is 2. The lowest BCUT2D eigenvalue weighted by molar-refractivity contribution is -0.274. The van der Waals surface area contributed by atoms with Gasteiger partial charge in [0.1, 0.15) is 5.75 Å². The van der Waals surface area contributed by atoms with Gasteiger partial charge in [0.25, 0.3) is 0 Å². The minimum absolute atomic E-state index is 0.176. The van der Waals surface area contributed by atoms with Crippen molar-refractivity contribution >= 4 is 5.69 Å². The second kappa shape index (κ2) is 5.73. The molecule has 0 atom stereocenters. The zero-order valence-electron chi connectivity index (χ0n) is 11.6. The summed E-state index contributed by atoms with van der Waals surface area (Å²) < 4.78 is 40.2. The highest BCUT2D eigenvalue weighted by Gasteiger charge is 2.31. The zero-order chi connectivity index (χ0) is 14.9. The summed E-state index contributed by atoms with van der Waals surface area (Å²) >= 11 is 0. The Bertz CT molecular complexity index is 465. The Balaban J connectivity index is 1.55. The Morgan fingerprint density at radius 3 is 2.10 bits per heavy atom. The fraction of sp³-hybridized carbons (Fsp3) is 0.571. The number of alkyl halides is 3. The van der Waals surface area contributed by atoms with Crippen molar-refractivity contribution in [3.05, 3.63) is 24.3 Å². The molecule has 3 rings (SSSR count). The van der Waals surface area contributed by atoms with Crippen molar-refractivity contribution in [3.8, 4) is 5.75 Å². The number of ether oxygens (including phenoxy) is 1. The van der Waals surface area contributed by atoms with Crippen LogP contribution < -0.4 is 15.0 Å². The molecule has 1 aromatic carbocycles. The number of anilines is 1. The van der Waals surface area contributed by atoms with Gasteiger partial charge in [-0.05, 0) is 24.3 Å². The minimum atomic E-state index is -4.63. The third-order valence-corrected chi connectivity index (χ3v) is 4.03. The Morgan fingerprint density at radius 1 is 1.00 bits per heavy atom. The molecule has 1 aromatic rings. The van der Waals surface area contributed by atoms with E-state index < -0.39 is 6.36 Å². The maximum Gasteiger partial charge on any atom is 0.573 e. The maximum atomic E-state index is 12.1. The molecule has 7 heteroatoms. The first-order chi connectivity index (χ1) is 10.0. The topological polar surface area (TPSA) is 27.7 Å². The molecule has 1 N–H and O–H groups in total. The van der Waals surface area contributed by atoms with Crippen LogP contribution in [0, 0.1) is 0 Å². The summed E-state index contributed by atoms with van der Waals surface area (Å²) in [6.45, 7) is 5.90. The highest BCUT2D eigenvalue weighted by atomic mass is 19.4. The predicted octanol–water partition coefficient (Wildman–Crippen LogP) is 1.68. The summed E-state index contributed by atoms with van der Waals surface area (Å²) in [5, 5.41) is 3.27. The first kappa shape index (κ1) is 14.5. The smallest absolute Gasteiger partial charge is 0.406 e. The minimum Gasteiger partial charge on any atom is -0.406 e. The summed E-state index contributed by atoms with van der Waals surface area (Å²) in [7, 11) is 0. The fourth-order valence-corrected chi connectivity index (χ4v) is 2.74. The van der Waals surface area contributed by atoms with Crippen molar-refractivity contribution in [1.29, 1.82) is 0 Å². The summed E-state index contributed by atoms with van der Waals surface area (Å²) in [6.07, 6.45) is -4.63. The third kappa shape index (κ3) is 3.59. The molecule has 4 nitrogen and oxygen atoms in total. The van der Waals surface area contributed by atoms with Crippen LogP contribution >= 0.6 is 0 Å². The van der Waals surface area contributed by atoms with E-state index in [1.807, 2.05) is 0 Å². The molecule has 0 amide bonds. The number of hydrogen-bond donors (Lipinski definition) is 1. The van der Waals surface area contributed by atoms with Crippen LogP contribution in [0.2, 0.25) is 0 Å². The molecule has 0 aromatic heterocycles. The van der Waals surface area contributed by atoms with E-state index in [1.54, 1.807) is 12.1 Å².